The topological polar surface area (TPSA) is 87.4 Å². The van der Waals surface area contributed by atoms with E-state index in [1.165, 1.54) is 12.1 Å². The molecular weight excluding hydrogens is 234 g/mol. The fraction of sp³-hybridized carbons (Fsp3) is 0.154. The highest BCUT2D eigenvalue weighted by molar-refractivity contribution is 6.01. The monoisotopic (exact) mass is 245 g/mol. The molecule has 0 aromatic heterocycles. The summed E-state index contributed by atoms with van der Waals surface area (Å²) >= 11 is 0. The number of benzene rings is 1. The van der Waals surface area contributed by atoms with Crippen LogP contribution in [0, 0.1) is 11.3 Å². The molecule has 0 bridgehead atoms. The fourth-order valence-corrected chi connectivity index (χ4v) is 1.38. The number of aromatic carboxylic acids is 1. The molecule has 18 heavy (non-hydrogen) atoms. The van der Waals surface area contributed by atoms with Crippen LogP contribution >= 0.6 is 0 Å². The van der Waals surface area contributed by atoms with Gasteiger partial charge < -0.3 is 9.84 Å². The van der Waals surface area contributed by atoms with Gasteiger partial charge in [-0.1, -0.05) is 18.2 Å². The summed E-state index contributed by atoms with van der Waals surface area (Å²) in [6.07, 6.45) is 0.991. The molecule has 92 valence electrons. The largest absolute Gasteiger partial charge is 0.478 e. The van der Waals surface area contributed by atoms with Crippen LogP contribution in [0.1, 0.15) is 22.8 Å². The highest BCUT2D eigenvalue weighted by atomic mass is 16.5. The van der Waals surface area contributed by atoms with E-state index in [1.54, 1.807) is 25.1 Å². The molecule has 0 fully saturated rings. The van der Waals surface area contributed by atoms with E-state index in [4.69, 9.17) is 10.4 Å². The average molecular weight is 245 g/mol. The van der Waals surface area contributed by atoms with Gasteiger partial charge in [-0.2, -0.15) is 5.26 Å². The van der Waals surface area contributed by atoms with Crippen molar-refractivity contribution in [1.29, 1.82) is 5.26 Å². The highest BCUT2D eigenvalue weighted by Crippen LogP contribution is 2.18. The van der Waals surface area contributed by atoms with Crippen molar-refractivity contribution in [3.63, 3.8) is 0 Å². The van der Waals surface area contributed by atoms with Crippen molar-refractivity contribution in [3.8, 4) is 6.07 Å². The zero-order valence-corrected chi connectivity index (χ0v) is 9.71. The van der Waals surface area contributed by atoms with E-state index in [1.807, 2.05) is 0 Å². The van der Waals surface area contributed by atoms with Gasteiger partial charge in [0.25, 0.3) is 0 Å². The first-order valence-corrected chi connectivity index (χ1v) is 5.21. The lowest BCUT2D eigenvalue weighted by atomic mass is 10.0. The lowest BCUT2D eigenvalue weighted by molar-refractivity contribution is -0.137. The highest BCUT2D eigenvalue weighted by Gasteiger charge is 2.13. The van der Waals surface area contributed by atoms with Gasteiger partial charge in [0.15, 0.2) is 0 Å². The molecule has 0 amide bonds. The second-order valence-electron chi connectivity index (χ2n) is 3.27. The maximum Gasteiger partial charge on any atom is 0.336 e. The molecule has 1 N–H and O–H groups in total. The number of hydrogen-bond donors (Lipinski definition) is 1. The number of carbonyl (C=O) groups is 2. The van der Waals surface area contributed by atoms with Crippen molar-refractivity contribution in [2.45, 2.75) is 6.92 Å². The van der Waals surface area contributed by atoms with E-state index in [-0.39, 0.29) is 23.3 Å². The molecule has 0 saturated heterocycles. The lowest BCUT2D eigenvalue weighted by Crippen LogP contribution is -2.04. The quantitative estimate of drug-likeness (QED) is 0.497. The molecule has 0 radical (unpaired) electrons. The number of nitrogens with zero attached hydrogens (tertiary/aromatic N) is 1. The normalized spacial score (nSPS) is 10.6. The summed E-state index contributed by atoms with van der Waals surface area (Å²) in [6, 6.07) is 7.78. The van der Waals surface area contributed by atoms with Gasteiger partial charge in [0.05, 0.1) is 17.7 Å². The summed E-state index contributed by atoms with van der Waals surface area (Å²) in [7, 11) is 0. The Kier molecular flexibility index (Phi) is 4.64. The second kappa shape index (κ2) is 6.21. The summed E-state index contributed by atoms with van der Waals surface area (Å²) in [5.74, 6) is -1.83. The molecule has 1 aromatic rings. The number of ether oxygens (including phenoxy) is 1. The number of allylic oxidation sites excluding steroid dienone is 1. The second-order valence-corrected chi connectivity index (χ2v) is 3.27. The Morgan fingerprint density at radius 1 is 1.39 bits per heavy atom. The summed E-state index contributed by atoms with van der Waals surface area (Å²) in [4.78, 5) is 22.3. The molecule has 0 aliphatic rings. The zero-order valence-electron chi connectivity index (χ0n) is 9.71. The van der Waals surface area contributed by atoms with Crippen LogP contribution in [0.4, 0.5) is 0 Å². The molecular formula is C13H11NO4. The Morgan fingerprint density at radius 2 is 2.00 bits per heavy atom. The van der Waals surface area contributed by atoms with Gasteiger partial charge in [0.1, 0.15) is 6.07 Å². The number of carboxylic acids is 1. The van der Waals surface area contributed by atoms with Crippen molar-refractivity contribution in [3.05, 3.63) is 41.5 Å². The molecule has 0 atom stereocenters. The van der Waals surface area contributed by atoms with Gasteiger partial charge in [0.2, 0.25) is 0 Å². The average Bonchev–Trinajstić information content (AvgIpc) is 2.36. The third-order valence-corrected chi connectivity index (χ3v) is 2.12. The predicted molar refractivity (Wildman–Crippen MR) is 63.6 cm³/mol. The minimum Gasteiger partial charge on any atom is -0.478 e. The molecule has 0 heterocycles. The van der Waals surface area contributed by atoms with Crippen molar-refractivity contribution in [2.24, 2.45) is 0 Å². The SMILES string of the molecule is CCOC(=O)C=C(C#N)c1ccccc1C(=O)O. The standard InChI is InChI=1S/C13H11NO4/c1-2-18-12(15)7-9(8-14)10-5-3-4-6-11(10)13(16)17/h3-7H,2H2,1H3,(H,16,17). The Bertz CT molecular complexity index is 540. The van der Waals surface area contributed by atoms with Crippen LogP contribution < -0.4 is 0 Å². The van der Waals surface area contributed by atoms with Crippen molar-refractivity contribution >= 4 is 17.5 Å². The minimum atomic E-state index is -1.16. The first-order valence-electron chi connectivity index (χ1n) is 5.21. The van der Waals surface area contributed by atoms with Gasteiger partial charge in [-0.05, 0) is 13.0 Å². The van der Waals surface area contributed by atoms with Crippen LogP contribution in [0.2, 0.25) is 0 Å². The van der Waals surface area contributed by atoms with Crippen LogP contribution in [0.15, 0.2) is 30.3 Å². The third kappa shape index (κ3) is 3.19. The van der Waals surface area contributed by atoms with Gasteiger partial charge in [-0.25, -0.2) is 9.59 Å². The molecule has 0 saturated carbocycles. The molecule has 0 aliphatic heterocycles. The Hall–Kier alpha value is -2.61. The van der Waals surface area contributed by atoms with Crippen molar-refractivity contribution < 1.29 is 19.4 Å². The van der Waals surface area contributed by atoms with Gasteiger partial charge in [-0.15, -0.1) is 0 Å². The molecule has 1 aromatic carbocycles. The maximum absolute atomic E-state index is 11.3. The Labute approximate surface area is 104 Å². The number of esters is 1. The number of rotatable bonds is 4. The van der Waals surface area contributed by atoms with Crippen molar-refractivity contribution in [1.82, 2.24) is 0 Å². The summed E-state index contributed by atoms with van der Waals surface area (Å²) in [6.45, 7) is 1.83. The zero-order chi connectivity index (χ0) is 13.5. The Balaban J connectivity index is 3.22. The van der Waals surface area contributed by atoms with E-state index < -0.39 is 11.9 Å². The molecule has 5 heteroatoms. The smallest absolute Gasteiger partial charge is 0.336 e. The molecule has 0 spiro atoms. The van der Waals surface area contributed by atoms with Gasteiger partial charge in [-0.3, -0.25) is 0 Å². The summed E-state index contributed by atoms with van der Waals surface area (Å²) < 4.78 is 4.68. The van der Waals surface area contributed by atoms with E-state index in [2.05, 4.69) is 4.74 Å². The number of carbonyl (C=O) groups excluding carboxylic acids is 1. The van der Waals surface area contributed by atoms with E-state index in [0.717, 1.165) is 6.08 Å². The summed E-state index contributed by atoms with van der Waals surface area (Å²) in [5.41, 5.74) is 0.126. The van der Waals surface area contributed by atoms with Crippen LogP contribution in [0.3, 0.4) is 0 Å². The van der Waals surface area contributed by atoms with Gasteiger partial charge in [0, 0.05) is 11.6 Å². The predicted octanol–water partition coefficient (Wildman–Crippen LogP) is 1.85. The summed E-state index contributed by atoms with van der Waals surface area (Å²) in [5, 5.41) is 18.0. The number of nitriles is 1. The van der Waals surface area contributed by atoms with Crippen LogP contribution in [-0.2, 0) is 9.53 Å². The number of hydrogen-bond acceptors (Lipinski definition) is 4. The lowest BCUT2D eigenvalue weighted by Gasteiger charge is -2.04. The van der Waals surface area contributed by atoms with Crippen LogP contribution in [0.25, 0.3) is 5.57 Å². The van der Waals surface area contributed by atoms with Crippen molar-refractivity contribution in [2.75, 3.05) is 6.61 Å². The number of carboxylic acid groups (broad SMARTS) is 1. The molecule has 1 rings (SSSR count). The molecule has 0 aliphatic carbocycles. The first-order chi connectivity index (χ1) is 8.60. The fourth-order valence-electron chi connectivity index (χ4n) is 1.38. The third-order valence-electron chi connectivity index (χ3n) is 2.12. The molecule has 0 unspecified atom stereocenters. The van der Waals surface area contributed by atoms with E-state index >= 15 is 0 Å². The Morgan fingerprint density at radius 3 is 2.50 bits per heavy atom. The minimum absolute atomic E-state index is 0.0328. The van der Waals surface area contributed by atoms with Crippen LogP contribution in [0.5, 0.6) is 0 Å². The molecule has 5 nitrogen and oxygen atoms in total. The van der Waals surface area contributed by atoms with Gasteiger partial charge >= 0.3 is 11.9 Å². The van der Waals surface area contributed by atoms with E-state index in [9.17, 15) is 9.59 Å². The van der Waals surface area contributed by atoms with Crippen LogP contribution in [-0.4, -0.2) is 23.7 Å². The van der Waals surface area contributed by atoms with E-state index in [0.29, 0.717) is 0 Å². The first kappa shape index (κ1) is 13.5. The maximum atomic E-state index is 11.3.